The van der Waals surface area contributed by atoms with Crippen LogP contribution < -0.4 is 0 Å². The van der Waals surface area contributed by atoms with Gasteiger partial charge in [0.1, 0.15) is 12.2 Å². The maximum atomic E-state index is 9.30. The summed E-state index contributed by atoms with van der Waals surface area (Å²) in [5.74, 6) is -1.29. The van der Waals surface area contributed by atoms with E-state index in [4.69, 9.17) is 16.6 Å². The summed E-state index contributed by atoms with van der Waals surface area (Å²) in [7, 11) is 0. The third-order valence-electron chi connectivity index (χ3n) is 1.91. The summed E-state index contributed by atoms with van der Waals surface area (Å²) >= 11 is 5.08. The molecule has 1 fully saturated rings. The van der Waals surface area contributed by atoms with Gasteiger partial charge in [0.15, 0.2) is 0 Å². The zero-order chi connectivity index (χ0) is 8.65. The fourth-order valence-corrected chi connectivity index (χ4v) is 1.27. The monoisotopic (exact) mass is 182 g/mol. The first-order chi connectivity index (χ1) is 5.01. The predicted molar refractivity (Wildman–Crippen MR) is 37.9 cm³/mol. The van der Waals surface area contributed by atoms with Gasteiger partial charge in [-0.1, -0.05) is 0 Å². The smallest absolute Gasteiger partial charge is 0.213 e. The van der Waals surface area contributed by atoms with E-state index in [-0.39, 0.29) is 0 Å². The van der Waals surface area contributed by atoms with Crippen LogP contribution in [0.15, 0.2) is 0 Å². The number of halogens is 1. The van der Waals surface area contributed by atoms with Crippen molar-refractivity contribution in [2.45, 2.75) is 37.9 Å². The molecule has 0 unspecified atom stereocenters. The second-order valence-electron chi connectivity index (χ2n) is 2.85. The molecule has 2 N–H and O–H groups in total. The molecule has 1 aliphatic rings. The normalized spacial score (nSPS) is 51.5. The van der Waals surface area contributed by atoms with Crippen LogP contribution in [-0.4, -0.2) is 34.3 Å². The van der Waals surface area contributed by atoms with Gasteiger partial charge < -0.3 is 14.9 Å². The minimum Gasteiger partial charge on any atom is -0.387 e. The lowest BCUT2D eigenvalue weighted by atomic mass is 10.1. The zero-order valence-corrected chi connectivity index (χ0v) is 7.08. The molecule has 0 spiro atoms. The number of aliphatic hydroxyl groups excluding tert-OH is 2. The lowest BCUT2D eigenvalue weighted by Gasteiger charge is -2.22. The highest BCUT2D eigenvalue weighted by Gasteiger charge is 2.50. The molecule has 0 aromatic rings. The van der Waals surface area contributed by atoms with Crippen molar-refractivity contribution in [2.24, 2.45) is 0 Å². The first-order valence-electron chi connectivity index (χ1n) is 3.35. The number of aliphatic hydroxyl groups is 2. The molecule has 11 heavy (non-hydrogen) atoms. The van der Waals surface area contributed by atoms with Gasteiger partial charge >= 0.3 is 0 Å². The van der Waals surface area contributed by atoms with E-state index >= 15 is 0 Å². The molecular weight excluding hydrogens is 172 g/mol. The van der Waals surface area contributed by atoms with E-state index in [1.54, 1.807) is 6.92 Å². The standard InChI is InChI=1S/C6H11ClO4/c1-3-4(8)5(9)6(2,10-3)11-7/h3-5,8-9H,1-2H3/t3-,4-,5+,6+/m1/s1. The van der Waals surface area contributed by atoms with Gasteiger partial charge in [-0.15, -0.1) is 0 Å². The molecule has 4 nitrogen and oxygen atoms in total. The summed E-state index contributed by atoms with van der Waals surface area (Å²) in [5, 5.41) is 18.5. The number of hydrogen-bond acceptors (Lipinski definition) is 4. The van der Waals surface area contributed by atoms with E-state index in [0.717, 1.165) is 0 Å². The van der Waals surface area contributed by atoms with Crippen molar-refractivity contribution >= 4 is 11.9 Å². The van der Waals surface area contributed by atoms with E-state index in [1.165, 1.54) is 6.92 Å². The van der Waals surface area contributed by atoms with Crippen molar-refractivity contribution in [3.8, 4) is 0 Å². The summed E-state index contributed by atoms with van der Waals surface area (Å²) in [4.78, 5) is 0. The van der Waals surface area contributed by atoms with Crippen molar-refractivity contribution in [1.82, 2.24) is 0 Å². The molecule has 0 radical (unpaired) electrons. The summed E-state index contributed by atoms with van der Waals surface area (Å²) < 4.78 is 9.46. The van der Waals surface area contributed by atoms with Gasteiger partial charge in [0, 0.05) is 0 Å². The fourth-order valence-electron chi connectivity index (χ4n) is 1.14. The first-order valence-corrected chi connectivity index (χ1v) is 3.66. The van der Waals surface area contributed by atoms with Crippen LogP contribution in [0.1, 0.15) is 13.8 Å². The molecule has 0 aliphatic carbocycles. The minimum absolute atomic E-state index is 0.464. The van der Waals surface area contributed by atoms with Crippen LogP contribution in [0.25, 0.3) is 0 Å². The Hall–Kier alpha value is 0.130. The molecule has 66 valence electrons. The molecule has 1 heterocycles. The third-order valence-corrected chi connectivity index (χ3v) is 2.22. The van der Waals surface area contributed by atoms with Crippen LogP contribution in [-0.2, 0) is 9.03 Å². The highest BCUT2D eigenvalue weighted by Crippen LogP contribution is 2.32. The maximum absolute atomic E-state index is 9.30. The molecule has 0 aromatic carbocycles. The lowest BCUT2D eigenvalue weighted by molar-refractivity contribution is -0.191. The molecule has 1 saturated heterocycles. The minimum atomic E-state index is -1.29. The summed E-state index contributed by atoms with van der Waals surface area (Å²) in [6.45, 7) is 3.10. The van der Waals surface area contributed by atoms with Crippen molar-refractivity contribution in [3.05, 3.63) is 0 Å². The molecule has 5 heteroatoms. The maximum Gasteiger partial charge on any atom is 0.213 e. The Bertz CT molecular complexity index is 154. The van der Waals surface area contributed by atoms with Crippen molar-refractivity contribution in [2.75, 3.05) is 0 Å². The largest absolute Gasteiger partial charge is 0.387 e. The van der Waals surface area contributed by atoms with E-state index in [9.17, 15) is 10.2 Å². The Morgan fingerprint density at radius 3 is 2.27 bits per heavy atom. The lowest BCUT2D eigenvalue weighted by Crippen LogP contribution is -2.40. The highest BCUT2D eigenvalue weighted by molar-refractivity contribution is 6.07. The van der Waals surface area contributed by atoms with Crippen molar-refractivity contribution < 1.29 is 19.2 Å². The highest BCUT2D eigenvalue weighted by atomic mass is 35.5. The van der Waals surface area contributed by atoms with Crippen LogP contribution in [0.5, 0.6) is 0 Å². The molecular formula is C6H11ClO4. The van der Waals surface area contributed by atoms with Crippen LogP contribution in [0.2, 0.25) is 0 Å². The van der Waals surface area contributed by atoms with Crippen LogP contribution >= 0.6 is 11.9 Å². The van der Waals surface area contributed by atoms with Crippen molar-refractivity contribution in [3.63, 3.8) is 0 Å². The Morgan fingerprint density at radius 2 is 2.09 bits per heavy atom. The van der Waals surface area contributed by atoms with E-state index < -0.39 is 24.1 Å². The molecule has 0 amide bonds. The van der Waals surface area contributed by atoms with E-state index in [0.29, 0.717) is 0 Å². The summed E-state index contributed by atoms with van der Waals surface area (Å²) in [6.07, 6.45) is -2.51. The van der Waals surface area contributed by atoms with Crippen LogP contribution in [0, 0.1) is 0 Å². The average molecular weight is 183 g/mol. The Morgan fingerprint density at radius 1 is 1.55 bits per heavy atom. The zero-order valence-electron chi connectivity index (χ0n) is 6.32. The molecule has 0 saturated carbocycles. The Kier molecular flexibility index (Phi) is 2.41. The molecule has 0 bridgehead atoms. The van der Waals surface area contributed by atoms with Gasteiger partial charge in [0.2, 0.25) is 5.79 Å². The first kappa shape index (κ1) is 9.22. The van der Waals surface area contributed by atoms with E-state index in [2.05, 4.69) is 4.29 Å². The topological polar surface area (TPSA) is 58.9 Å². The Labute approximate surface area is 69.8 Å². The molecule has 0 aromatic heterocycles. The van der Waals surface area contributed by atoms with Gasteiger partial charge in [-0.2, -0.15) is 0 Å². The SMILES string of the molecule is C[C@H]1O[C@@](C)(OCl)[C@@H](O)[C@@H]1O. The fraction of sp³-hybridized carbons (Fsp3) is 1.00. The molecule has 1 rings (SSSR count). The molecule has 1 aliphatic heterocycles. The van der Waals surface area contributed by atoms with Crippen LogP contribution in [0.4, 0.5) is 0 Å². The molecule has 4 atom stereocenters. The Balaban J connectivity index is 2.73. The average Bonchev–Trinajstić information content (AvgIpc) is 2.17. The predicted octanol–water partition coefficient (Wildman–Crippen LogP) is 0.0135. The van der Waals surface area contributed by atoms with Gasteiger partial charge in [-0.3, -0.25) is 0 Å². The van der Waals surface area contributed by atoms with Crippen LogP contribution in [0.3, 0.4) is 0 Å². The van der Waals surface area contributed by atoms with Gasteiger partial charge in [-0.05, 0) is 13.8 Å². The third kappa shape index (κ3) is 1.37. The summed E-state index contributed by atoms with van der Waals surface area (Å²) in [6, 6.07) is 0. The van der Waals surface area contributed by atoms with E-state index in [1.807, 2.05) is 0 Å². The van der Waals surface area contributed by atoms with Gasteiger partial charge in [0.25, 0.3) is 0 Å². The number of ether oxygens (including phenoxy) is 1. The quantitative estimate of drug-likeness (QED) is 0.600. The van der Waals surface area contributed by atoms with Gasteiger partial charge in [-0.25, -0.2) is 4.29 Å². The summed E-state index contributed by atoms with van der Waals surface area (Å²) in [5.41, 5.74) is 0. The van der Waals surface area contributed by atoms with Crippen molar-refractivity contribution in [1.29, 1.82) is 0 Å². The van der Waals surface area contributed by atoms with Gasteiger partial charge in [0.05, 0.1) is 18.0 Å². The number of rotatable bonds is 1. The second-order valence-corrected chi connectivity index (χ2v) is 3.01. The second kappa shape index (κ2) is 2.88. The number of hydrogen-bond donors (Lipinski definition) is 2.